The van der Waals surface area contributed by atoms with Crippen LogP contribution in [0.15, 0.2) is 18.2 Å². The molecule has 21 heavy (non-hydrogen) atoms. The molecule has 1 N–H and O–H groups in total. The summed E-state index contributed by atoms with van der Waals surface area (Å²) in [7, 11) is 2.00. The molecule has 1 aliphatic heterocycles. The van der Waals surface area contributed by atoms with Crippen LogP contribution in [0.4, 0.5) is 4.39 Å². The molecule has 2 unspecified atom stereocenters. The highest BCUT2D eigenvalue weighted by Gasteiger charge is 2.38. The summed E-state index contributed by atoms with van der Waals surface area (Å²) in [4.78, 5) is 2.58. The second-order valence-electron chi connectivity index (χ2n) is 6.20. The van der Waals surface area contributed by atoms with Gasteiger partial charge in [-0.25, -0.2) is 4.39 Å². The van der Waals surface area contributed by atoms with Gasteiger partial charge in [-0.15, -0.1) is 0 Å². The Balaban J connectivity index is 2.18. The predicted octanol–water partition coefficient (Wildman–Crippen LogP) is 3.87. The lowest BCUT2D eigenvalue weighted by Crippen LogP contribution is -2.58. The smallest absolute Gasteiger partial charge is 0.142 e. The number of nitrogens with zero attached hydrogens (tertiary/aromatic N) is 1. The van der Waals surface area contributed by atoms with Gasteiger partial charge in [0.1, 0.15) is 5.82 Å². The Kier molecular flexibility index (Phi) is 5.64. The zero-order valence-electron chi connectivity index (χ0n) is 13.3. The molecule has 1 aromatic rings. The molecule has 2 nitrogen and oxygen atoms in total. The van der Waals surface area contributed by atoms with E-state index in [9.17, 15) is 4.39 Å². The molecule has 1 fully saturated rings. The lowest BCUT2D eigenvalue weighted by atomic mass is 9.83. The summed E-state index contributed by atoms with van der Waals surface area (Å²) in [5, 5.41) is 3.65. The van der Waals surface area contributed by atoms with Crippen molar-refractivity contribution in [3.05, 3.63) is 34.6 Å². The van der Waals surface area contributed by atoms with E-state index in [-0.39, 0.29) is 16.4 Å². The van der Waals surface area contributed by atoms with Crippen LogP contribution in [-0.2, 0) is 6.42 Å². The van der Waals surface area contributed by atoms with E-state index >= 15 is 0 Å². The van der Waals surface area contributed by atoms with Gasteiger partial charge in [-0.05, 0) is 70.4 Å². The van der Waals surface area contributed by atoms with E-state index in [4.69, 9.17) is 11.6 Å². The van der Waals surface area contributed by atoms with Crippen LogP contribution in [0, 0.1) is 5.82 Å². The van der Waals surface area contributed by atoms with Crippen LogP contribution in [0.25, 0.3) is 0 Å². The van der Waals surface area contributed by atoms with E-state index in [0.717, 1.165) is 31.5 Å². The van der Waals surface area contributed by atoms with E-state index < -0.39 is 0 Å². The third-order valence-corrected chi connectivity index (χ3v) is 5.37. The topological polar surface area (TPSA) is 15.3 Å². The molecule has 4 heteroatoms. The summed E-state index contributed by atoms with van der Waals surface area (Å²) in [5.41, 5.74) is 1.09. The summed E-state index contributed by atoms with van der Waals surface area (Å²) in [6, 6.07) is 5.43. The maximum atomic E-state index is 13.7. The Labute approximate surface area is 132 Å². The lowest BCUT2D eigenvalue weighted by Gasteiger charge is -2.44. The quantitative estimate of drug-likeness (QED) is 0.857. The molecule has 1 aliphatic rings. The van der Waals surface area contributed by atoms with Crippen LogP contribution in [0.2, 0.25) is 5.02 Å². The fourth-order valence-corrected chi connectivity index (χ4v) is 3.57. The molecular weight excluding hydrogens is 287 g/mol. The molecule has 0 aliphatic carbocycles. The summed E-state index contributed by atoms with van der Waals surface area (Å²) in [5.74, 6) is -0.330. The van der Waals surface area contributed by atoms with E-state index in [1.54, 1.807) is 12.1 Å². The van der Waals surface area contributed by atoms with Crippen molar-refractivity contribution in [3.8, 4) is 0 Å². The second kappa shape index (κ2) is 7.08. The fraction of sp³-hybridized carbons (Fsp3) is 0.647. The Bertz CT molecular complexity index is 474. The number of hydrogen-bond acceptors (Lipinski definition) is 2. The van der Waals surface area contributed by atoms with Gasteiger partial charge in [0.15, 0.2) is 0 Å². The molecule has 0 bridgehead atoms. The highest BCUT2D eigenvalue weighted by molar-refractivity contribution is 6.30. The molecule has 2 rings (SSSR count). The standard InChI is InChI=1S/C17H26ClFN2/c1-4-17(2,21-9-5-6-10-21)16(20-3)12-13-7-8-14(18)15(19)11-13/h7-8,11,16,20H,4-6,9-10,12H2,1-3H3. The average Bonchev–Trinajstić information content (AvgIpc) is 3.02. The van der Waals surface area contributed by atoms with Crippen LogP contribution in [-0.4, -0.2) is 36.6 Å². The Morgan fingerprint density at radius 1 is 1.38 bits per heavy atom. The van der Waals surface area contributed by atoms with Gasteiger partial charge in [0.05, 0.1) is 5.02 Å². The van der Waals surface area contributed by atoms with Crippen molar-refractivity contribution in [1.29, 1.82) is 0 Å². The maximum absolute atomic E-state index is 13.7. The SMILES string of the molecule is CCC(C)(C(Cc1ccc(Cl)c(F)c1)NC)N1CCCC1. The summed E-state index contributed by atoms with van der Waals surface area (Å²) in [6.45, 7) is 6.89. The van der Waals surface area contributed by atoms with Gasteiger partial charge in [0.2, 0.25) is 0 Å². The summed E-state index contributed by atoms with van der Waals surface area (Å²) < 4.78 is 13.7. The number of benzene rings is 1. The van der Waals surface area contributed by atoms with Crippen LogP contribution < -0.4 is 5.32 Å². The first-order valence-electron chi connectivity index (χ1n) is 7.87. The second-order valence-corrected chi connectivity index (χ2v) is 6.61. The third kappa shape index (κ3) is 3.58. The van der Waals surface area contributed by atoms with E-state index in [2.05, 4.69) is 24.1 Å². The minimum Gasteiger partial charge on any atom is -0.315 e. The number of likely N-dealkylation sites (N-methyl/N-ethyl adjacent to an activating group) is 1. The largest absolute Gasteiger partial charge is 0.315 e. The van der Waals surface area contributed by atoms with Crippen molar-refractivity contribution in [2.75, 3.05) is 20.1 Å². The van der Waals surface area contributed by atoms with Gasteiger partial charge in [0.25, 0.3) is 0 Å². The van der Waals surface area contributed by atoms with E-state index in [1.165, 1.54) is 12.8 Å². The highest BCUT2D eigenvalue weighted by Crippen LogP contribution is 2.30. The molecule has 0 radical (unpaired) electrons. The van der Waals surface area contributed by atoms with Crippen molar-refractivity contribution < 1.29 is 4.39 Å². The Morgan fingerprint density at radius 2 is 2.05 bits per heavy atom. The van der Waals surface area contributed by atoms with Gasteiger partial charge < -0.3 is 5.32 Å². The minimum atomic E-state index is -0.330. The number of hydrogen-bond donors (Lipinski definition) is 1. The van der Waals surface area contributed by atoms with Crippen LogP contribution in [0.5, 0.6) is 0 Å². The first-order chi connectivity index (χ1) is 10.0. The molecular formula is C17H26ClFN2. The Hall–Kier alpha value is -0.640. The monoisotopic (exact) mass is 312 g/mol. The number of likely N-dealkylation sites (tertiary alicyclic amines) is 1. The van der Waals surface area contributed by atoms with Gasteiger partial charge in [-0.2, -0.15) is 0 Å². The first kappa shape index (κ1) is 16.7. The molecule has 1 heterocycles. The molecule has 0 saturated carbocycles. The molecule has 1 aromatic carbocycles. The third-order valence-electron chi connectivity index (χ3n) is 5.07. The average molecular weight is 313 g/mol. The molecule has 118 valence electrons. The van der Waals surface area contributed by atoms with Crippen molar-refractivity contribution in [1.82, 2.24) is 10.2 Å². The Morgan fingerprint density at radius 3 is 2.57 bits per heavy atom. The van der Waals surface area contributed by atoms with Gasteiger partial charge in [-0.1, -0.05) is 24.6 Å². The minimum absolute atomic E-state index is 0.0986. The molecule has 0 aromatic heterocycles. The zero-order chi connectivity index (χ0) is 15.5. The first-order valence-corrected chi connectivity index (χ1v) is 8.25. The van der Waals surface area contributed by atoms with E-state index in [1.807, 2.05) is 13.1 Å². The summed E-state index contributed by atoms with van der Waals surface area (Å²) in [6.07, 6.45) is 4.45. The normalized spacial score (nSPS) is 20.4. The van der Waals surface area contributed by atoms with Crippen LogP contribution in [0.1, 0.15) is 38.7 Å². The number of nitrogens with one attached hydrogen (secondary N) is 1. The zero-order valence-corrected chi connectivity index (χ0v) is 14.0. The number of halogens is 2. The van der Waals surface area contributed by atoms with Crippen LogP contribution in [0.3, 0.4) is 0 Å². The van der Waals surface area contributed by atoms with Crippen molar-refractivity contribution in [2.24, 2.45) is 0 Å². The molecule has 0 spiro atoms. The number of rotatable bonds is 6. The maximum Gasteiger partial charge on any atom is 0.142 e. The van der Waals surface area contributed by atoms with Crippen LogP contribution >= 0.6 is 11.6 Å². The van der Waals surface area contributed by atoms with Crippen molar-refractivity contribution in [3.63, 3.8) is 0 Å². The van der Waals surface area contributed by atoms with Crippen molar-refractivity contribution in [2.45, 2.75) is 51.1 Å². The highest BCUT2D eigenvalue weighted by atomic mass is 35.5. The molecule has 1 saturated heterocycles. The van der Waals surface area contributed by atoms with Gasteiger partial charge in [-0.3, -0.25) is 4.90 Å². The summed E-state index contributed by atoms with van der Waals surface area (Å²) >= 11 is 5.77. The van der Waals surface area contributed by atoms with E-state index in [0.29, 0.717) is 6.04 Å². The predicted molar refractivity (Wildman–Crippen MR) is 87.5 cm³/mol. The van der Waals surface area contributed by atoms with Crippen molar-refractivity contribution >= 4 is 11.6 Å². The molecule has 2 atom stereocenters. The van der Waals surface area contributed by atoms with Gasteiger partial charge >= 0.3 is 0 Å². The van der Waals surface area contributed by atoms with Gasteiger partial charge in [0, 0.05) is 11.6 Å². The fourth-order valence-electron chi connectivity index (χ4n) is 3.45. The molecule has 0 amide bonds. The lowest BCUT2D eigenvalue weighted by molar-refractivity contribution is 0.0873.